The van der Waals surface area contributed by atoms with Crippen LogP contribution in [0.2, 0.25) is 0 Å². The van der Waals surface area contributed by atoms with Crippen molar-refractivity contribution in [1.29, 1.82) is 0 Å². The number of ether oxygens (including phenoxy) is 2. The van der Waals surface area contributed by atoms with E-state index in [0.717, 1.165) is 41.4 Å². The lowest BCUT2D eigenvalue weighted by Crippen LogP contribution is -3.00. The molecule has 2 aromatic rings. The summed E-state index contributed by atoms with van der Waals surface area (Å²) in [5, 5.41) is 2.64. The first-order valence-electron chi connectivity index (χ1n) is 12.6. The number of carbonyl (C=O) groups is 3. The number of hydrogen-bond acceptors (Lipinski definition) is 5. The lowest BCUT2D eigenvalue weighted by molar-refractivity contribution is -0.941. The Labute approximate surface area is 230 Å². The molecule has 2 saturated heterocycles. The highest BCUT2D eigenvalue weighted by Gasteiger charge is 2.53. The van der Waals surface area contributed by atoms with Crippen LogP contribution in [0.15, 0.2) is 60.7 Å². The van der Waals surface area contributed by atoms with Crippen LogP contribution < -0.4 is 22.3 Å². The van der Waals surface area contributed by atoms with Gasteiger partial charge in [-0.2, -0.15) is 0 Å². The van der Waals surface area contributed by atoms with E-state index in [9.17, 15) is 14.4 Å². The summed E-state index contributed by atoms with van der Waals surface area (Å²) in [6.07, 6.45) is 3.63. The smallest absolute Gasteiger partial charge is 0.412 e. The number of ketones is 1. The van der Waals surface area contributed by atoms with Crippen LogP contribution in [0.3, 0.4) is 0 Å². The molecule has 4 rings (SSSR count). The van der Waals surface area contributed by atoms with Crippen molar-refractivity contribution < 1.29 is 45.3 Å². The van der Waals surface area contributed by atoms with Crippen LogP contribution in [0.1, 0.15) is 63.7 Å². The molecule has 37 heavy (non-hydrogen) atoms. The number of nitrogens with one attached hydrogen (secondary N) is 1. The normalized spacial score (nSPS) is 24.0. The zero-order valence-corrected chi connectivity index (χ0v) is 24.0. The van der Waals surface area contributed by atoms with E-state index in [2.05, 4.69) is 12.4 Å². The van der Waals surface area contributed by atoms with Gasteiger partial charge in [-0.3, -0.25) is 14.9 Å². The monoisotopic (exact) mass is 574 g/mol. The lowest BCUT2D eigenvalue weighted by Gasteiger charge is -2.46. The van der Waals surface area contributed by atoms with Gasteiger partial charge in [0.15, 0.2) is 0 Å². The van der Waals surface area contributed by atoms with Crippen LogP contribution in [-0.2, 0) is 14.3 Å². The minimum atomic E-state index is -0.459. The fraction of sp³-hybridized carbons (Fsp3) is 0.483. The van der Waals surface area contributed by atoms with Crippen LogP contribution in [0.5, 0.6) is 0 Å². The molecule has 2 atom stereocenters. The number of hydrogen-bond donors (Lipinski definition) is 1. The van der Waals surface area contributed by atoms with E-state index >= 15 is 0 Å². The SMILES string of the molecule is CC(=O)OC1CC2CCC(C1)[N+]2(C)CC(=O)c1ccccc1.CC(C)(C)OC(=O)Nc1ccccc1.[Br-]. The Morgan fingerprint density at radius 2 is 1.43 bits per heavy atom. The number of carbonyl (C=O) groups excluding carboxylic acids is 3. The van der Waals surface area contributed by atoms with Crippen molar-refractivity contribution in [2.24, 2.45) is 0 Å². The molecule has 2 aliphatic rings. The van der Waals surface area contributed by atoms with Crippen molar-refractivity contribution in [2.75, 3.05) is 18.9 Å². The third-order valence-corrected chi connectivity index (χ3v) is 6.90. The largest absolute Gasteiger partial charge is 1.00 e. The summed E-state index contributed by atoms with van der Waals surface area (Å²) in [5.74, 6) is 0.0202. The van der Waals surface area contributed by atoms with Gasteiger partial charge < -0.3 is 30.9 Å². The number of anilines is 1. The van der Waals surface area contributed by atoms with Crippen LogP contribution in [-0.4, -0.2) is 59.7 Å². The number of quaternary nitrogens is 1. The van der Waals surface area contributed by atoms with Crippen LogP contribution >= 0.6 is 0 Å². The van der Waals surface area contributed by atoms with Crippen molar-refractivity contribution in [2.45, 2.75) is 77.2 Å². The van der Waals surface area contributed by atoms with Gasteiger partial charge in [-0.25, -0.2) is 4.79 Å². The van der Waals surface area contributed by atoms with Crippen molar-refractivity contribution in [3.63, 3.8) is 0 Å². The summed E-state index contributed by atoms with van der Waals surface area (Å²) in [7, 11) is 2.20. The van der Waals surface area contributed by atoms with E-state index in [1.807, 2.05) is 81.4 Å². The maximum atomic E-state index is 12.6. The highest BCUT2D eigenvalue weighted by Crippen LogP contribution is 2.42. The number of amides is 1. The summed E-state index contributed by atoms with van der Waals surface area (Å²) < 4.78 is 11.3. The number of para-hydroxylation sites is 1. The molecule has 2 aromatic carbocycles. The third-order valence-electron chi connectivity index (χ3n) is 6.90. The maximum absolute atomic E-state index is 12.6. The van der Waals surface area contributed by atoms with Crippen molar-refractivity contribution >= 4 is 23.5 Å². The number of Topliss-reactive ketones (excluding diaryl/α,β-unsaturated/α-hetero) is 1. The molecule has 7 nitrogen and oxygen atoms in total. The molecule has 8 heteroatoms. The fourth-order valence-corrected chi connectivity index (χ4v) is 5.25. The molecule has 0 aliphatic carbocycles. The molecule has 0 radical (unpaired) electrons. The van der Waals surface area contributed by atoms with Crippen molar-refractivity contribution in [3.8, 4) is 0 Å². The third kappa shape index (κ3) is 8.97. The van der Waals surface area contributed by atoms with Crippen LogP contribution in [0.25, 0.3) is 0 Å². The van der Waals surface area contributed by atoms with E-state index in [0.29, 0.717) is 18.6 Å². The first-order valence-corrected chi connectivity index (χ1v) is 12.6. The van der Waals surface area contributed by atoms with Crippen LogP contribution in [0, 0.1) is 0 Å². The second kappa shape index (κ2) is 13.2. The number of halogens is 1. The summed E-state index contributed by atoms with van der Waals surface area (Å²) >= 11 is 0. The van der Waals surface area contributed by atoms with Gasteiger partial charge in [0.1, 0.15) is 18.2 Å². The highest BCUT2D eigenvalue weighted by molar-refractivity contribution is 5.97. The standard InChI is InChI=1S/C18H24NO3.C11H15NO2.BrH/c1-13(20)22-17-10-15-8-9-16(11-17)19(15,2)12-18(21)14-6-4-3-5-7-14;1-11(2,3)14-10(13)12-9-7-5-4-6-8-9;/h3-7,15-17H,8-12H2,1-2H3;4-8H,1-3H3,(H,12,13);1H/q+1;;/p-1. The average molecular weight is 576 g/mol. The Morgan fingerprint density at radius 1 is 0.919 bits per heavy atom. The number of piperidine rings is 1. The minimum absolute atomic E-state index is 0. The molecular weight excluding hydrogens is 536 g/mol. The molecule has 1 N–H and O–H groups in total. The average Bonchev–Trinajstić information content (AvgIpc) is 2.95. The zero-order chi connectivity index (χ0) is 26.3. The number of rotatable bonds is 5. The zero-order valence-electron chi connectivity index (χ0n) is 22.4. The molecule has 1 amide bonds. The molecule has 2 bridgehead atoms. The van der Waals surface area contributed by atoms with E-state index < -0.39 is 11.7 Å². The number of nitrogens with zero attached hydrogens (tertiary/aromatic N) is 1. The van der Waals surface area contributed by atoms with Gasteiger partial charge in [-0.05, 0) is 32.9 Å². The Morgan fingerprint density at radius 3 is 1.92 bits per heavy atom. The van der Waals surface area contributed by atoms with Gasteiger partial charge in [0.2, 0.25) is 5.78 Å². The number of fused-ring (bicyclic) bond motifs is 2. The molecule has 0 aromatic heterocycles. The van der Waals surface area contributed by atoms with Gasteiger partial charge in [0.05, 0.1) is 19.1 Å². The maximum Gasteiger partial charge on any atom is 0.412 e. The molecular formula is C29H39BrN2O5. The molecule has 0 spiro atoms. The molecule has 2 fully saturated rings. The Kier molecular flexibility index (Phi) is 10.9. The topological polar surface area (TPSA) is 81.7 Å². The van der Waals surface area contributed by atoms with E-state index in [1.165, 1.54) is 6.92 Å². The fourth-order valence-electron chi connectivity index (χ4n) is 5.25. The quantitative estimate of drug-likeness (QED) is 0.337. The number of likely N-dealkylation sites (N-methyl/N-ethyl adjacent to an activating group) is 1. The Hall–Kier alpha value is -2.71. The summed E-state index contributed by atoms with van der Waals surface area (Å²) in [6, 6.07) is 19.6. The second-order valence-corrected chi connectivity index (χ2v) is 10.9. The van der Waals surface area contributed by atoms with Crippen molar-refractivity contribution in [1.82, 2.24) is 0 Å². The first-order chi connectivity index (χ1) is 17.0. The lowest BCUT2D eigenvalue weighted by atomic mass is 9.95. The summed E-state index contributed by atoms with van der Waals surface area (Å²) in [5.41, 5.74) is 1.07. The van der Waals surface area contributed by atoms with Crippen molar-refractivity contribution in [3.05, 3.63) is 66.2 Å². The van der Waals surface area contributed by atoms with Gasteiger partial charge in [-0.15, -0.1) is 0 Å². The number of esters is 1. The molecule has 202 valence electrons. The highest BCUT2D eigenvalue weighted by atomic mass is 79.9. The first kappa shape index (κ1) is 30.5. The predicted octanol–water partition coefficient (Wildman–Crippen LogP) is 2.61. The second-order valence-electron chi connectivity index (χ2n) is 10.9. The van der Waals surface area contributed by atoms with Gasteiger partial charge in [0.25, 0.3) is 0 Å². The van der Waals surface area contributed by atoms with Gasteiger partial charge in [-0.1, -0.05) is 48.5 Å². The van der Waals surface area contributed by atoms with Gasteiger partial charge in [0, 0.05) is 43.9 Å². The van der Waals surface area contributed by atoms with E-state index in [4.69, 9.17) is 9.47 Å². The Bertz CT molecular complexity index is 1030. The molecule has 0 saturated carbocycles. The predicted molar refractivity (Wildman–Crippen MR) is 140 cm³/mol. The molecule has 2 unspecified atom stereocenters. The van der Waals surface area contributed by atoms with E-state index in [-0.39, 0.29) is 34.8 Å². The summed E-state index contributed by atoms with van der Waals surface area (Å²) in [6.45, 7) is 7.52. The minimum Gasteiger partial charge on any atom is -1.00 e. The van der Waals surface area contributed by atoms with E-state index in [1.54, 1.807) is 0 Å². The molecule has 2 aliphatic heterocycles. The van der Waals surface area contributed by atoms with Crippen LogP contribution in [0.4, 0.5) is 10.5 Å². The Balaban J connectivity index is 0.000000280. The number of benzene rings is 2. The van der Waals surface area contributed by atoms with Gasteiger partial charge >= 0.3 is 12.1 Å². The molecule has 2 heterocycles. The summed E-state index contributed by atoms with van der Waals surface area (Å²) in [4.78, 5) is 35.1.